The van der Waals surface area contributed by atoms with Gasteiger partial charge in [-0.2, -0.15) is 13.2 Å². The van der Waals surface area contributed by atoms with Gasteiger partial charge in [-0.15, -0.1) is 0 Å². The molecule has 0 radical (unpaired) electrons. The van der Waals surface area contributed by atoms with E-state index in [0.29, 0.717) is 5.56 Å². The summed E-state index contributed by atoms with van der Waals surface area (Å²) in [7, 11) is 0. The second kappa shape index (κ2) is 9.08. The summed E-state index contributed by atoms with van der Waals surface area (Å²) in [6.07, 6.45) is -3.21. The lowest BCUT2D eigenvalue weighted by molar-refractivity contribution is -0.138. The first kappa shape index (κ1) is 21.7. The van der Waals surface area contributed by atoms with Crippen LogP contribution in [0.4, 0.5) is 19.2 Å². The molecule has 0 aliphatic carbocycles. The first-order chi connectivity index (χ1) is 13.6. The number of hydrogen-bond acceptors (Lipinski definition) is 7. The van der Waals surface area contributed by atoms with E-state index in [9.17, 15) is 22.8 Å². The van der Waals surface area contributed by atoms with Crippen molar-refractivity contribution in [1.29, 1.82) is 0 Å². The third kappa shape index (κ3) is 6.52. The van der Waals surface area contributed by atoms with Crippen LogP contribution in [0.5, 0.6) is 0 Å². The summed E-state index contributed by atoms with van der Waals surface area (Å²) in [4.78, 5) is 31.5. The molecule has 0 spiro atoms. The van der Waals surface area contributed by atoms with Crippen LogP contribution in [-0.2, 0) is 27.2 Å². The minimum Gasteiger partial charge on any atom is -0.480 e. The number of benzene rings is 1. The standard InChI is InChI=1S/C17H16F3N3O6/c1-10(22-28-9-11-2-4-12(5-3-11)17(18,19)20)13-6-21-16(29-13)23(7-14(24)25)8-15(26)27/h2-6H,7-9H2,1H3,(H,24,25)(H,26,27)/b22-10+. The van der Waals surface area contributed by atoms with Crippen molar-refractivity contribution in [1.82, 2.24) is 4.98 Å². The number of oxazole rings is 1. The van der Waals surface area contributed by atoms with Gasteiger partial charge in [-0.3, -0.25) is 9.59 Å². The van der Waals surface area contributed by atoms with Crippen LogP contribution >= 0.6 is 0 Å². The van der Waals surface area contributed by atoms with Crippen LogP contribution < -0.4 is 4.90 Å². The predicted molar refractivity (Wildman–Crippen MR) is 92.4 cm³/mol. The van der Waals surface area contributed by atoms with E-state index in [4.69, 9.17) is 19.5 Å². The van der Waals surface area contributed by atoms with E-state index in [1.165, 1.54) is 25.3 Å². The van der Waals surface area contributed by atoms with Crippen LogP contribution in [0.1, 0.15) is 23.8 Å². The molecule has 0 aliphatic heterocycles. The number of carboxylic acids is 2. The molecule has 0 saturated carbocycles. The number of hydrogen-bond donors (Lipinski definition) is 2. The number of oxime groups is 1. The number of nitrogens with zero attached hydrogens (tertiary/aromatic N) is 3. The maximum atomic E-state index is 12.5. The van der Waals surface area contributed by atoms with Crippen molar-refractivity contribution in [3.8, 4) is 0 Å². The largest absolute Gasteiger partial charge is 0.480 e. The van der Waals surface area contributed by atoms with E-state index in [0.717, 1.165) is 17.0 Å². The van der Waals surface area contributed by atoms with E-state index in [2.05, 4.69) is 10.1 Å². The Morgan fingerprint density at radius 2 is 1.76 bits per heavy atom. The SMILES string of the molecule is C/C(=N\OCc1ccc(C(F)(F)F)cc1)c1cnc(N(CC(=O)O)CC(=O)O)o1. The number of carboxylic acid groups (broad SMARTS) is 2. The first-order valence-corrected chi connectivity index (χ1v) is 8.03. The van der Waals surface area contributed by atoms with Gasteiger partial charge in [-0.1, -0.05) is 17.3 Å². The molecule has 0 aliphatic rings. The predicted octanol–water partition coefficient (Wildman–Crippen LogP) is 2.61. The van der Waals surface area contributed by atoms with Crippen LogP contribution in [0, 0.1) is 0 Å². The zero-order valence-electron chi connectivity index (χ0n) is 15.0. The molecule has 156 valence electrons. The zero-order valence-corrected chi connectivity index (χ0v) is 15.0. The Hall–Kier alpha value is -3.57. The van der Waals surface area contributed by atoms with Crippen LogP contribution in [-0.4, -0.2) is 45.9 Å². The Balaban J connectivity index is 2.01. The highest BCUT2D eigenvalue weighted by atomic mass is 19.4. The maximum absolute atomic E-state index is 12.5. The highest BCUT2D eigenvalue weighted by Gasteiger charge is 2.29. The number of anilines is 1. The summed E-state index contributed by atoms with van der Waals surface area (Å²) in [6, 6.07) is 4.16. The molecule has 0 atom stereocenters. The summed E-state index contributed by atoms with van der Waals surface area (Å²) in [5.74, 6) is -2.43. The van der Waals surface area contributed by atoms with Crippen LogP contribution in [0.15, 0.2) is 40.0 Å². The summed E-state index contributed by atoms with van der Waals surface area (Å²) >= 11 is 0. The number of aromatic nitrogens is 1. The molecule has 0 bridgehead atoms. The van der Waals surface area contributed by atoms with Crippen molar-refractivity contribution in [3.05, 3.63) is 47.3 Å². The summed E-state index contributed by atoms with van der Waals surface area (Å²) in [5.41, 5.74) is -0.106. The van der Waals surface area contributed by atoms with E-state index < -0.39 is 36.8 Å². The molecule has 0 fully saturated rings. The third-order valence-electron chi connectivity index (χ3n) is 3.49. The molecule has 2 rings (SSSR count). The van der Waals surface area contributed by atoms with Crippen LogP contribution in [0.3, 0.4) is 0 Å². The van der Waals surface area contributed by atoms with Crippen molar-refractivity contribution in [3.63, 3.8) is 0 Å². The highest BCUT2D eigenvalue weighted by molar-refractivity contribution is 5.95. The number of halogens is 3. The molecule has 1 heterocycles. The molecule has 0 saturated heterocycles. The second-order valence-corrected chi connectivity index (χ2v) is 5.80. The molecule has 1 aromatic carbocycles. The second-order valence-electron chi connectivity index (χ2n) is 5.80. The lowest BCUT2D eigenvalue weighted by Crippen LogP contribution is -2.34. The average molecular weight is 415 g/mol. The van der Waals surface area contributed by atoms with Gasteiger partial charge in [0.1, 0.15) is 25.4 Å². The van der Waals surface area contributed by atoms with Gasteiger partial charge < -0.3 is 24.4 Å². The normalized spacial score (nSPS) is 11.9. The summed E-state index contributed by atoms with van der Waals surface area (Å²) in [5, 5.41) is 21.5. The van der Waals surface area contributed by atoms with Crippen molar-refractivity contribution in [2.24, 2.45) is 5.16 Å². The molecular weight excluding hydrogens is 399 g/mol. The fourth-order valence-electron chi connectivity index (χ4n) is 2.13. The highest BCUT2D eigenvalue weighted by Crippen LogP contribution is 2.29. The van der Waals surface area contributed by atoms with Gasteiger partial charge in [0.05, 0.1) is 11.8 Å². The average Bonchev–Trinajstić information content (AvgIpc) is 3.10. The maximum Gasteiger partial charge on any atom is 0.416 e. The minimum atomic E-state index is -4.42. The molecule has 29 heavy (non-hydrogen) atoms. The van der Waals surface area contributed by atoms with Crippen LogP contribution in [0.2, 0.25) is 0 Å². The fraction of sp³-hybridized carbons (Fsp3) is 0.294. The summed E-state index contributed by atoms with van der Waals surface area (Å²) < 4.78 is 42.9. The van der Waals surface area contributed by atoms with Crippen molar-refractivity contribution < 1.29 is 42.2 Å². The lowest BCUT2D eigenvalue weighted by atomic mass is 10.1. The molecular formula is C17H16F3N3O6. The van der Waals surface area contributed by atoms with Gasteiger partial charge in [-0.25, -0.2) is 4.98 Å². The molecule has 2 aromatic rings. The molecule has 2 N–H and O–H groups in total. The van der Waals surface area contributed by atoms with Gasteiger partial charge in [0, 0.05) is 0 Å². The first-order valence-electron chi connectivity index (χ1n) is 8.03. The van der Waals surface area contributed by atoms with E-state index in [1.54, 1.807) is 0 Å². The monoisotopic (exact) mass is 415 g/mol. The van der Waals surface area contributed by atoms with Crippen molar-refractivity contribution >= 4 is 23.7 Å². The number of carbonyl (C=O) groups is 2. The fourth-order valence-corrected chi connectivity index (χ4v) is 2.13. The molecule has 12 heteroatoms. The number of aliphatic carboxylic acids is 2. The number of alkyl halides is 3. The van der Waals surface area contributed by atoms with E-state index >= 15 is 0 Å². The topological polar surface area (TPSA) is 125 Å². The van der Waals surface area contributed by atoms with E-state index in [1.807, 2.05) is 0 Å². The quantitative estimate of drug-likeness (QED) is 0.473. The van der Waals surface area contributed by atoms with Gasteiger partial charge in [-0.05, 0) is 24.6 Å². The molecule has 0 unspecified atom stereocenters. The van der Waals surface area contributed by atoms with Gasteiger partial charge in [0.15, 0.2) is 5.76 Å². The molecule has 1 aromatic heterocycles. The summed E-state index contributed by atoms with van der Waals surface area (Å²) in [6.45, 7) is 0.135. The minimum absolute atomic E-state index is 0.0966. The van der Waals surface area contributed by atoms with E-state index in [-0.39, 0.29) is 24.1 Å². The van der Waals surface area contributed by atoms with Crippen molar-refractivity contribution in [2.45, 2.75) is 19.7 Å². The Bertz CT molecular complexity index is 877. The smallest absolute Gasteiger partial charge is 0.416 e. The number of rotatable bonds is 9. The van der Waals surface area contributed by atoms with Gasteiger partial charge in [0.2, 0.25) is 0 Å². The van der Waals surface area contributed by atoms with Crippen LogP contribution in [0.25, 0.3) is 0 Å². The van der Waals surface area contributed by atoms with Gasteiger partial charge >= 0.3 is 18.1 Å². The Morgan fingerprint density at radius 1 is 1.17 bits per heavy atom. The molecule has 0 amide bonds. The third-order valence-corrected chi connectivity index (χ3v) is 3.49. The van der Waals surface area contributed by atoms with Crippen molar-refractivity contribution in [2.75, 3.05) is 18.0 Å². The Morgan fingerprint density at radius 3 is 2.28 bits per heavy atom. The zero-order chi connectivity index (χ0) is 21.6. The molecule has 9 nitrogen and oxygen atoms in total. The van der Waals surface area contributed by atoms with Gasteiger partial charge in [0.25, 0.3) is 6.01 Å². The Labute approximate surface area is 162 Å². The lowest BCUT2D eigenvalue weighted by Gasteiger charge is -2.15. The Kier molecular flexibility index (Phi) is 6.80.